The van der Waals surface area contributed by atoms with Crippen LogP contribution < -0.4 is 11.2 Å². The predicted octanol–water partition coefficient (Wildman–Crippen LogP) is 1.67. The van der Waals surface area contributed by atoms with Gasteiger partial charge < -0.3 is 4.74 Å². The van der Waals surface area contributed by atoms with Crippen LogP contribution in [0.5, 0.6) is 0 Å². The van der Waals surface area contributed by atoms with E-state index in [2.05, 4.69) is 4.98 Å². The first-order chi connectivity index (χ1) is 12.9. The van der Waals surface area contributed by atoms with Crippen LogP contribution in [0.1, 0.15) is 21.6 Å². The molecule has 0 radical (unpaired) electrons. The summed E-state index contributed by atoms with van der Waals surface area (Å²) in [4.78, 5) is 41.0. The van der Waals surface area contributed by atoms with Crippen molar-refractivity contribution >= 4 is 23.1 Å². The lowest BCUT2D eigenvalue weighted by Gasteiger charge is -2.10. The minimum Gasteiger partial charge on any atom is -0.464 e. The van der Waals surface area contributed by atoms with Crippen LogP contribution in [0.2, 0.25) is 0 Å². The molecule has 0 saturated carbocycles. The molecule has 3 rings (SSSR count). The zero-order valence-electron chi connectivity index (χ0n) is 15.3. The highest BCUT2D eigenvalue weighted by Crippen LogP contribution is 2.17. The molecule has 0 fully saturated rings. The number of hydrogen-bond donors (Lipinski definition) is 0. The van der Waals surface area contributed by atoms with Crippen molar-refractivity contribution in [3.8, 4) is 0 Å². The van der Waals surface area contributed by atoms with Crippen molar-refractivity contribution < 1.29 is 9.53 Å². The van der Waals surface area contributed by atoms with Crippen molar-refractivity contribution in [2.45, 2.75) is 6.42 Å². The number of aryl methyl sites for hydroxylation is 1. The van der Waals surface area contributed by atoms with Gasteiger partial charge in [-0.2, -0.15) is 0 Å². The van der Waals surface area contributed by atoms with Crippen molar-refractivity contribution in [2.75, 3.05) is 7.11 Å². The van der Waals surface area contributed by atoms with Crippen molar-refractivity contribution in [2.24, 2.45) is 14.1 Å². The predicted molar refractivity (Wildman–Crippen MR) is 103 cm³/mol. The summed E-state index contributed by atoms with van der Waals surface area (Å²) in [6.07, 6.45) is 4.31. The van der Waals surface area contributed by atoms with Gasteiger partial charge in [0, 0.05) is 14.1 Å². The van der Waals surface area contributed by atoms with Gasteiger partial charge in [0.2, 0.25) is 0 Å². The summed E-state index contributed by atoms with van der Waals surface area (Å²) in [5.41, 5.74) is 0.823. The molecule has 3 aromatic rings. The van der Waals surface area contributed by atoms with Gasteiger partial charge in [-0.3, -0.25) is 13.9 Å². The fourth-order valence-corrected chi connectivity index (χ4v) is 2.86. The summed E-state index contributed by atoms with van der Waals surface area (Å²) in [5.74, 6) is -0.636. The third-order valence-corrected chi connectivity index (χ3v) is 4.33. The molecule has 0 unspecified atom stereocenters. The number of methoxy groups -OCH3 is 1. The van der Waals surface area contributed by atoms with Crippen LogP contribution in [-0.2, 0) is 25.3 Å². The fraction of sp³-hybridized carbons (Fsp3) is 0.200. The number of esters is 1. The van der Waals surface area contributed by atoms with Crippen molar-refractivity contribution in [3.63, 3.8) is 0 Å². The lowest BCUT2D eigenvalue weighted by Crippen LogP contribution is -2.37. The highest BCUT2D eigenvalue weighted by Gasteiger charge is 2.17. The summed E-state index contributed by atoms with van der Waals surface area (Å²) in [7, 11) is 4.17. The molecule has 0 aliphatic rings. The molecule has 138 valence electrons. The van der Waals surface area contributed by atoms with Gasteiger partial charge in [-0.25, -0.2) is 14.6 Å². The molecule has 0 aliphatic carbocycles. The van der Waals surface area contributed by atoms with Crippen LogP contribution in [0, 0.1) is 0 Å². The van der Waals surface area contributed by atoms with Gasteiger partial charge in [0.05, 0.1) is 12.5 Å². The Kier molecular flexibility index (Phi) is 5.03. The first-order valence-electron chi connectivity index (χ1n) is 8.33. The summed E-state index contributed by atoms with van der Waals surface area (Å²) in [5, 5.41) is 0.275. The van der Waals surface area contributed by atoms with Crippen LogP contribution in [0.15, 0.2) is 52.1 Å². The van der Waals surface area contributed by atoms with E-state index >= 15 is 0 Å². The Hall–Kier alpha value is -3.48. The molecule has 2 aromatic heterocycles. The number of aromatic nitrogens is 3. The third-order valence-electron chi connectivity index (χ3n) is 4.33. The minimum atomic E-state index is -0.636. The summed E-state index contributed by atoms with van der Waals surface area (Å²) in [6.45, 7) is 0. The zero-order valence-corrected chi connectivity index (χ0v) is 15.3. The lowest BCUT2D eigenvalue weighted by molar-refractivity contribution is 0.0594. The summed E-state index contributed by atoms with van der Waals surface area (Å²) >= 11 is 0. The maximum atomic E-state index is 12.7. The van der Waals surface area contributed by atoms with Crippen LogP contribution in [0.3, 0.4) is 0 Å². The number of carbonyl (C=O) groups is 1. The molecule has 0 atom stereocenters. The van der Waals surface area contributed by atoms with E-state index in [0.717, 1.165) is 10.1 Å². The van der Waals surface area contributed by atoms with Crippen LogP contribution in [-0.4, -0.2) is 27.2 Å². The molecule has 0 N–H and O–H groups in total. The van der Waals surface area contributed by atoms with Crippen molar-refractivity contribution in [3.05, 3.63) is 80.1 Å². The van der Waals surface area contributed by atoms with E-state index in [4.69, 9.17) is 4.74 Å². The van der Waals surface area contributed by atoms with Crippen LogP contribution >= 0.6 is 0 Å². The Morgan fingerprint density at radius 1 is 1.15 bits per heavy atom. The number of hydrogen-bond acceptors (Lipinski definition) is 5. The van der Waals surface area contributed by atoms with E-state index < -0.39 is 17.2 Å². The second-order valence-electron chi connectivity index (χ2n) is 6.08. The number of pyridine rings is 1. The van der Waals surface area contributed by atoms with Gasteiger partial charge in [-0.15, -0.1) is 0 Å². The van der Waals surface area contributed by atoms with E-state index in [-0.39, 0.29) is 16.7 Å². The van der Waals surface area contributed by atoms with E-state index in [1.807, 2.05) is 36.4 Å². The summed E-state index contributed by atoms with van der Waals surface area (Å²) < 4.78 is 7.01. The Morgan fingerprint density at radius 3 is 2.52 bits per heavy atom. The van der Waals surface area contributed by atoms with E-state index in [9.17, 15) is 14.4 Å². The number of fused-ring (bicyclic) bond motifs is 1. The normalized spacial score (nSPS) is 11.2. The monoisotopic (exact) mass is 365 g/mol. The number of benzene rings is 1. The third kappa shape index (κ3) is 3.44. The molecule has 0 saturated heterocycles. The van der Waals surface area contributed by atoms with E-state index in [1.54, 1.807) is 6.08 Å². The topological polar surface area (TPSA) is 83.2 Å². The SMILES string of the molecule is COC(=O)c1cc(/C=C/Cc2ccccc2)c2c(=O)n(C)c(=O)n(C)c2n1. The van der Waals surface area contributed by atoms with Gasteiger partial charge in [0.25, 0.3) is 5.56 Å². The fourth-order valence-electron chi connectivity index (χ4n) is 2.86. The molecule has 0 bridgehead atoms. The smallest absolute Gasteiger partial charge is 0.356 e. The Balaban J connectivity index is 2.21. The second-order valence-corrected chi connectivity index (χ2v) is 6.08. The number of ether oxygens (including phenoxy) is 1. The van der Waals surface area contributed by atoms with E-state index in [0.29, 0.717) is 12.0 Å². The molecule has 7 nitrogen and oxygen atoms in total. The second kappa shape index (κ2) is 7.41. The highest BCUT2D eigenvalue weighted by molar-refractivity contribution is 5.93. The van der Waals surface area contributed by atoms with Gasteiger partial charge >= 0.3 is 11.7 Å². The van der Waals surface area contributed by atoms with Gasteiger partial charge in [0.15, 0.2) is 11.3 Å². The molecule has 7 heteroatoms. The quantitative estimate of drug-likeness (QED) is 0.657. The molecule has 1 aromatic carbocycles. The maximum absolute atomic E-state index is 12.7. The average molecular weight is 365 g/mol. The number of carbonyl (C=O) groups excluding carboxylic acids is 1. The minimum absolute atomic E-state index is 0.0348. The van der Waals surface area contributed by atoms with Gasteiger partial charge in [-0.05, 0) is 23.6 Å². The molecular weight excluding hydrogens is 346 g/mol. The largest absolute Gasteiger partial charge is 0.464 e. The van der Waals surface area contributed by atoms with Crippen molar-refractivity contribution in [1.82, 2.24) is 14.1 Å². The van der Waals surface area contributed by atoms with Gasteiger partial charge in [0.1, 0.15) is 0 Å². The van der Waals surface area contributed by atoms with Crippen LogP contribution in [0.25, 0.3) is 17.1 Å². The Bertz CT molecular complexity index is 1160. The number of rotatable bonds is 4. The molecule has 0 amide bonds. The van der Waals surface area contributed by atoms with Crippen LogP contribution in [0.4, 0.5) is 0 Å². The number of allylic oxidation sites excluding steroid dienone is 1. The first-order valence-corrected chi connectivity index (χ1v) is 8.33. The molecule has 0 aliphatic heterocycles. The standard InChI is InChI=1S/C20H19N3O4/c1-22-17-16(18(24)23(2)20(22)26)14(12-15(21-17)19(25)27-3)11-7-10-13-8-5-4-6-9-13/h4-9,11-12H,10H2,1-3H3/b11-7+. The van der Waals surface area contributed by atoms with Gasteiger partial charge in [-0.1, -0.05) is 42.5 Å². The first kappa shape index (κ1) is 18.3. The maximum Gasteiger partial charge on any atom is 0.356 e. The van der Waals surface area contributed by atoms with E-state index in [1.165, 1.54) is 31.8 Å². The molecular formula is C20H19N3O4. The molecule has 2 heterocycles. The highest BCUT2D eigenvalue weighted by atomic mass is 16.5. The molecule has 27 heavy (non-hydrogen) atoms. The Labute approximate surface area is 155 Å². The molecule has 0 spiro atoms. The summed E-state index contributed by atoms with van der Waals surface area (Å²) in [6, 6.07) is 11.3. The lowest BCUT2D eigenvalue weighted by atomic mass is 10.1. The average Bonchev–Trinajstić information content (AvgIpc) is 2.70. The number of nitrogens with zero attached hydrogens (tertiary/aromatic N) is 3. The Morgan fingerprint density at radius 2 is 1.85 bits per heavy atom. The zero-order chi connectivity index (χ0) is 19.6. The van der Waals surface area contributed by atoms with Crippen molar-refractivity contribution in [1.29, 1.82) is 0 Å².